The lowest BCUT2D eigenvalue weighted by atomic mass is 10.3. The van der Waals surface area contributed by atoms with Gasteiger partial charge in [0.1, 0.15) is 12.4 Å². The number of benzene rings is 1. The van der Waals surface area contributed by atoms with Crippen LogP contribution in [0, 0.1) is 6.57 Å². The van der Waals surface area contributed by atoms with E-state index >= 15 is 0 Å². The summed E-state index contributed by atoms with van der Waals surface area (Å²) in [5, 5.41) is 0. The van der Waals surface area contributed by atoms with Gasteiger partial charge in [0, 0.05) is 7.11 Å². The van der Waals surface area contributed by atoms with E-state index in [1.54, 1.807) is 31.4 Å². The van der Waals surface area contributed by atoms with Gasteiger partial charge in [-0.05, 0) is 12.1 Å². The molecule has 0 bridgehead atoms. The first kappa shape index (κ1) is 15.4. The standard InChI is InChI=1S/C14H19NO4/c1-15-13-3-5-14(6-4-13)19-12-11-18-10-9-17-8-7-16-2/h3-6H,7-12H2,2H3. The monoisotopic (exact) mass is 265 g/mol. The summed E-state index contributed by atoms with van der Waals surface area (Å²) in [6.45, 7) is 10.1. The normalized spacial score (nSPS) is 10.1. The van der Waals surface area contributed by atoms with Crippen LogP contribution < -0.4 is 4.74 Å². The molecule has 0 amide bonds. The van der Waals surface area contributed by atoms with Crippen LogP contribution in [-0.2, 0) is 14.2 Å². The quantitative estimate of drug-likeness (QED) is 0.481. The molecule has 0 aliphatic rings. The molecule has 0 atom stereocenters. The Morgan fingerprint density at radius 3 is 2.05 bits per heavy atom. The van der Waals surface area contributed by atoms with Gasteiger partial charge in [-0.25, -0.2) is 4.85 Å². The molecule has 0 fully saturated rings. The summed E-state index contributed by atoms with van der Waals surface area (Å²) in [4.78, 5) is 3.31. The molecule has 5 heteroatoms. The van der Waals surface area contributed by atoms with E-state index in [0.29, 0.717) is 45.3 Å². The molecule has 0 aromatic heterocycles. The van der Waals surface area contributed by atoms with E-state index in [2.05, 4.69) is 4.85 Å². The summed E-state index contributed by atoms with van der Waals surface area (Å²) in [5.41, 5.74) is 0.608. The highest BCUT2D eigenvalue weighted by Crippen LogP contribution is 2.17. The number of hydrogen-bond acceptors (Lipinski definition) is 4. The van der Waals surface area contributed by atoms with E-state index in [0.717, 1.165) is 5.75 Å². The average Bonchev–Trinajstić information content (AvgIpc) is 2.46. The molecule has 0 saturated carbocycles. The lowest BCUT2D eigenvalue weighted by Crippen LogP contribution is -2.12. The Kier molecular flexibility index (Phi) is 8.39. The van der Waals surface area contributed by atoms with Crippen molar-refractivity contribution in [3.8, 4) is 5.75 Å². The molecule has 0 spiro atoms. The molecule has 1 rings (SSSR count). The zero-order valence-electron chi connectivity index (χ0n) is 11.1. The minimum absolute atomic E-state index is 0.482. The third-order valence-corrected chi connectivity index (χ3v) is 2.27. The van der Waals surface area contributed by atoms with E-state index in [-0.39, 0.29) is 0 Å². The topological polar surface area (TPSA) is 41.3 Å². The minimum atomic E-state index is 0.482. The van der Waals surface area contributed by atoms with Crippen LogP contribution in [0.1, 0.15) is 0 Å². The maximum atomic E-state index is 6.83. The molecule has 1 aromatic carbocycles. The number of nitrogens with zero attached hydrogens (tertiary/aromatic N) is 1. The van der Waals surface area contributed by atoms with E-state index in [1.165, 1.54) is 0 Å². The molecular weight excluding hydrogens is 246 g/mol. The van der Waals surface area contributed by atoms with Crippen LogP contribution in [0.2, 0.25) is 0 Å². The Morgan fingerprint density at radius 1 is 0.895 bits per heavy atom. The first-order chi connectivity index (χ1) is 9.36. The van der Waals surface area contributed by atoms with Gasteiger partial charge in [-0.3, -0.25) is 0 Å². The molecule has 5 nitrogen and oxygen atoms in total. The molecule has 19 heavy (non-hydrogen) atoms. The molecule has 0 heterocycles. The molecular formula is C14H19NO4. The molecule has 0 unspecified atom stereocenters. The minimum Gasteiger partial charge on any atom is -0.491 e. The Hall–Kier alpha value is -1.61. The SMILES string of the molecule is [C-]#[N+]c1ccc(OCCOCCOCCOC)cc1. The third-order valence-electron chi connectivity index (χ3n) is 2.27. The Labute approximate surface area is 113 Å². The van der Waals surface area contributed by atoms with Crippen molar-refractivity contribution in [3.63, 3.8) is 0 Å². The second-order valence-electron chi connectivity index (χ2n) is 3.67. The highest BCUT2D eigenvalue weighted by molar-refractivity contribution is 5.46. The van der Waals surface area contributed by atoms with Crippen LogP contribution in [0.5, 0.6) is 5.75 Å². The second-order valence-corrected chi connectivity index (χ2v) is 3.67. The van der Waals surface area contributed by atoms with Crippen molar-refractivity contribution in [2.24, 2.45) is 0 Å². The molecule has 0 aliphatic carbocycles. The molecule has 0 saturated heterocycles. The molecule has 1 aromatic rings. The van der Waals surface area contributed by atoms with Gasteiger partial charge < -0.3 is 18.9 Å². The fourth-order valence-corrected chi connectivity index (χ4v) is 1.30. The van der Waals surface area contributed by atoms with Crippen molar-refractivity contribution in [2.45, 2.75) is 0 Å². The first-order valence-electron chi connectivity index (χ1n) is 6.11. The Balaban J connectivity index is 1.97. The van der Waals surface area contributed by atoms with Crippen LogP contribution in [0.4, 0.5) is 5.69 Å². The summed E-state index contributed by atoms with van der Waals surface area (Å²) in [6, 6.07) is 7.02. The summed E-state index contributed by atoms with van der Waals surface area (Å²) in [7, 11) is 1.64. The van der Waals surface area contributed by atoms with E-state index in [1.807, 2.05) is 0 Å². The largest absolute Gasteiger partial charge is 0.491 e. The number of ether oxygens (including phenoxy) is 4. The van der Waals surface area contributed by atoms with Gasteiger partial charge in [-0.1, -0.05) is 12.1 Å². The fourth-order valence-electron chi connectivity index (χ4n) is 1.30. The summed E-state index contributed by atoms with van der Waals surface area (Å²) < 4.78 is 20.9. The lowest BCUT2D eigenvalue weighted by molar-refractivity contribution is 0.0180. The van der Waals surface area contributed by atoms with Gasteiger partial charge in [0.25, 0.3) is 0 Å². The number of methoxy groups -OCH3 is 1. The van der Waals surface area contributed by atoms with Gasteiger partial charge in [-0.15, -0.1) is 0 Å². The summed E-state index contributed by atoms with van der Waals surface area (Å²) in [5.74, 6) is 0.743. The molecule has 0 radical (unpaired) electrons. The van der Waals surface area contributed by atoms with Crippen molar-refractivity contribution in [2.75, 3.05) is 46.8 Å². The van der Waals surface area contributed by atoms with Crippen LogP contribution in [-0.4, -0.2) is 46.8 Å². The van der Waals surface area contributed by atoms with Crippen molar-refractivity contribution < 1.29 is 18.9 Å². The molecule has 0 aliphatic heterocycles. The second kappa shape index (κ2) is 10.3. The van der Waals surface area contributed by atoms with Gasteiger partial charge in [0.15, 0.2) is 5.69 Å². The zero-order valence-corrected chi connectivity index (χ0v) is 11.1. The smallest absolute Gasteiger partial charge is 0.187 e. The van der Waals surface area contributed by atoms with Crippen molar-refractivity contribution >= 4 is 5.69 Å². The van der Waals surface area contributed by atoms with Crippen LogP contribution in [0.15, 0.2) is 24.3 Å². The zero-order chi connectivity index (χ0) is 13.8. The maximum Gasteiger partial charge on any atom is 0.187 e. The van der Waals surface area contributed by atoms with Crippen molar-refractivity contribution in [1.82, 2.24) is 0 Å². The van der Waals surface area contributed by atoms with Gasteiger partial charge >= 0.3 is 0 Å². The van der Waals surface area contributed by atoms with Crippen LogP contribution >= 0.6 is 0 Å². The predicted molar refractivity (Wildman–Crippen MR) is 71.7 cm³/mol. The van der Waals surface area contributed by atoms with Crippen LogP contribution in [0.3, 0.4) is 0 Å². The number of rotatable bonds is 10. The highest BCUT2D eigenvalue weighted by atomic mass is 16.6. The fraction of sp³-hybridized carbons (Fsp3) is 0.500. The average molecular weight is 265 g/mol. The predicted octanol–water partition coefficient (Wildman–Crippen LogP) is 2.30. The summed E-state index contributed by atoms with van der Waals surface area (Å²) in [6.07, 6.45) is 0. The Morgan fingerprint density at radius 2 is 1.47 bits per heavy atom. The third kappa shape index (κ3) is 7.42. The van der Waals surface area contributed by atoms with Crippen molar-refractivity contribution in [3.05, 3.63) is 35.7 Å². The lowest BCUT2D eigenvalue weighted by Gasteiger charge is -2.07. The Bertz CT molecular complexity index is 372. The van der Waals surface area contributed by atoms with Gasteiger partial charge in [-0.2, -0.15) is 0 Å². The van der Waals surface area contributed by atoms with Crippen molar-refractivity contribution in [1.29, 1.82) is 0 Å². The van der Waals surface area contributed by atoms with E-state index in [4.69, 9.17) is 25.5 Å². The molecule has 0 N–H and O–H groups in total. The van der Waals surface area contributed by atoms with E-state index in [9.17, 15) is 0 Å². The van der Waals surface area contributed by atoms with Crippen LogP contribution in [0.25, 0.3) is 4.85 Å². The molecule has 104 valence electrons. The van der Waals surface area contributed by atoms with E-state index < -0.39 is 0 Å². The first-order valence-corrected chi connectivity index (χ1v) is 6.11. The summed E-state index contributed by atoms with van der Waals surface area (Å²) >= 11 is 0. The maximum absolute atomic E-state index is 6.83. The highest BCUT2D eigenvalue weighted by Gasteiger charge is 1.95. The number of hydrogen-bond donors (Lipinski definition) is 0. The van der Waals surface area contributed by atoms with Gasteiger partial charge in [0.2, 0.25) is 0 Å². The van der Waals surface area contributed by atoms with Gasteiger partial charge in [0.05, 0.1) is 39.6 Å².